The third-order valence-electron chi connectivity index (χ3n) is 6.63. The van der Waals surface area contributed by atoms with Gasteiger partial charge in [0.25, 0.3) is 0 Å². The highest BCUT2D eigenvalue weighted by Crippen LogP contribution is 2.39. The maximum absolute atomic E-state index is 5.73. The Morgan fingerprint density at radius 2 is 1.90 bits per heavy atom. The summed E-state index contributed by atoms with van der Waals surface area (Å²) in [5.41, 5.74) is 8.71. The number of nitrogen functional groups attached to an aromatic ring is 1. The maximum Gasteiger partial charge on any atom is 0.228 e. The summed E-state index contributed by atoms with van der Waals surface area (Å²) in [6.45, 7) is 10.9. The molecule has 2 aromatic heterocycles. The van der Waals surface area contributed by atoms with E-state index in [0.717, 1.165) is 49.1 Å². The Hall–Kier alpha value is -2.52. The molecule has 0 unspecified atom stereocenters. The predicted molar refractivity (Wildman–Crippen MR) is 117 cm³/mol. The number of anilines is 3. The molecule has 160 valence electrons. The summed E-state index contributed by atoms with van der Waals surface area (Å²) in [6, 6.07) is 1.08. The van der Waals surface area contributed by atoms with Crippen molar-refractivity contribution in [2.75, 3.05) is 48.4 Å². The van der Waals surface area contributed by atoms with Crippen LogP contribution in [0.5, 0.6) is 0 Å². The Kier molecular flexibility index (Phi) is 4.94. The van der Waals surface area contributed by atoms with Crippen molar-refractivity contribution in [2.24, 2.45) is 5.92 Å². The first kappa shape index (κ1) is 19.4. The van der Waals surface area contributed by atoms with Gasteiger partial charge in [0.2, 0.25) is 11.9 Å². The van der Waals surface area contributed by atoms with Gasteiger partial charge in [0.15, 0.2) is 0 Å². The van der Waals surface area contributed by atoms with Crippen molar-refractivity contribution in [1.82, 2.24) is 25.3 Å². The fraction of sp³-hybridized carbons (Fsp3) is 0.619. The number of fused-ring (bicyclic) bond motifs is 1. The van der Waals surface area contributed by atoms with Crippen LogP contribution in [0.3, 0.4) is 0 Å². The third kappa shape index (κ3) is 3.26. The number of nitrogens with zero attached hydrogens (tertiary/aromatic N) is 6. The van der Waals surface area contributed by atoms with E-state index in [1.165, 1.54) is 5.56 Å². The molecule has 3 aliphatic rings. The van der Waals surface area contributed by atoms with Gasteiger partial charge < -0.3 is 25.6 Å². The minimum atomic E-state index is 0.230. The standard InChI is InChI=1S/C21H30N8O/c1-12-8-23-14(3)18(12)29-5-4-16-17(15-9-24-20(22)25-10-15)26-21(27-19(16)29)28-6-7-30-11-13(28)2/h9-10,12-14,18,23H,4-8,11H2,1-3H3,(H2,22,24,25)/t12-,13+,14-,18-/m1/s1. The quantitative estimate of drug-likeness (QED) is 0.769. The molecular weight excluding hydrogens is 380 g/mol. The molecule has 0 aliphatic carbocycles. The highest BCUT2D eigenvalue weighted by atomic mass is 16.5. The van der Waals surface area contributed by atoms with Gasteiger partial charge in [-0.1, -0.05) is 6.92 Å². The summed E-state index contributed by atoms with van der Waals surface area (Å²) in [5, 5.41) is 3.62. The number of hydrogen-bond donors (Lipinski definition) is 2. The molecule has 9 heteroatoms. The van der Waals surface area contributed by atoms with Crippen LogP contribution in [0.2, 0.25) is 0 Å². The molecule has 9 nitrogen and oxygen atoms in total. The summed E-state index contributed by atoms with van der Waals surface area (Å²) in [7, 11) is 0. The topological polar surface area (TPSA) is 105 Å². The van der Waals surface area contributed by atoms with Crippen molar-refractivity contribution in [1.29, 1.82) is 0 Å². The van der Waals surface area contributed by atoms with E-state index >= 15 is 0 Å². The molecule has 5 rings (SSSR count). The molecule has 5 heterocycles. The maximum atomic E-state index is 5.73. The van der Waals surface area contributed by atoms with Crippen LogP contribution >= 0.6 is 0 Å². The van der Waals surface area contributed by atoms with E-state index in [0.29, 0.717) is 31.2 Å². The van der Waals surface area contributed by atoms with Crippen molar-refractivity contribution in [3.8, 4) is 11.3 Å². The van der Waals surface area contributed by atoms with Crippen molar-refractivity contribution in [2.45, 2.75) is 45.3 Å². The monoisotopic (exact) mass is 410 g/mol. The lowest BCUT2D eigenvalue weighted by molar-refractivity contribution is 0.0981. The number of morpholine rings is 1. The van der Waals surface area contributed by atoms with Crippen LogP contribution < -0.4 is 20.9 Å². The number of hydrogen-bond acceptors (Lipinski definition) is 9. The summed E-state index contributed by atoms with van der Waals surface area (Å²) < 4.78 is 5.63. The first-order valence-electron chi connectivity index (χ1n) is 10.9. The number of nitrogens with two attached hydrogens (primary N) is 1. The molecule has 30 heavy (non-hydrogen) atoms. The fourth-order valence-electron chi connectivity index (χ4n) is 5.09. The van der Waals surface area contributed by atoms with Gasteiger partial charge >= 0.3 is 0 Å². The van der Waals surface area contributed by atoms with Crippen LogP contribution in [0.1, 0.15) is 26.3 Å². The zero-order chi connectivity index (χ0) is 20.8. The van der Waals surface area contributed by atoms with Crippen LogP contribution in [-0.4, -0.2) is 70.9 Å². The van der Waals surface area contributed by atoms with E-state index in [2.05, 4.69) is 45.9 Å². The number of nitrogens with one attached hydrogen (secondary N) is 1. The van der Waals surface area contributed by atoms with E-state index in [-0.39, 0.29) is 12.0 Å². The van der Waals surface area contributed by atoms with Gasteiger partial charge in [-0.15, -0.1) is 0 Å². The molecule has 0 amide bonds. The average molecular weight is 411 g/mol. The largest absolute Gasteiger partial charge is 0.377 e. The van der Waals surface area contributed by atoms with Crippen molar-refractivity contribution < 1.29 is 4.74 Å². The molecule has 4 atom stereocenters. The van der Waals surface area contributed by atoms with E-state index in [4.69, 9.17) is 20.4 Å². The molecule has 2 aromatic rings. The highest BCUT2D eigenvalue weighted by Gasteiger charge is 2.40. The molecule has 0 radical (unpaired) electrons. The van der Waals surface area contributed by atoms with Crippen molar-refractivity contribution in [3.05, 3.63) is 18.0 Å². The molecule has 0 spiro atoms. The van der Waals surface area contributed by atoms with Crippen LogP contribution in [0.25, 0.3) is 11.3 Å². The molecule has 2 saturated heterocycles. The van der Waals surface area contributed by atoms with Crippen molar-refractivity contribution in [3.63, 3.8) is 0 Å². The highest BCUT2D eigenvalue weighted by molar-refractivity contribution is 5.73. The Balaban J connectivity index is 1.62. The number of rotatable bonds is 3. The molecule has 0 bridgehead atoms. The molecule has 2 fully saturated rings. The zero-order valence-corrected chi connectivity index (χ0v) is 17.9. The van der Waals surface area contributed by atoms with Crippen LogP contribution in [0.4, 0.5) is 17.7 Å². The van der Waals surface area contributed by atoms with Gasteiger partial charge in [0.1, 0.15) is 5.82 Å². The van der Waals surface area contributed by atoms with Gasteiger partial charge in [0, 0.05) is 55.2 Å². The summed E-state index contributed by atoms with van der Waals surface area (Å²) in [5.74, 6) is 2.65. The number of aromatic nitrogens is 4. The van der Waals surface area contributed by atoms with Gasteiger partial charge in [-0.3, -0.25) is 0 Å². The Labute approximate surface area is 177 Å². The van der Waals surface area contributed by atoms with E-state index in [9.17, 15) is 0 Å². The fourth-order valence-corrected chi connectivity index (χ4v) is 5.09. The molecular formula is C21H30N8O. The van der Waals surface area contributed by atoms with Crippen LogP contribution in [0.15, 0.2) is 12.4 Å². The second-order valence-corrected chi connectivity index (χ2v) is 8.73. The summed E-state index contributed by atoms with van der Waals surface area (Å²) in [6.07, 6.45) is 4.45. The summed E-state index contributed by atoms with van der Waals surface area (Å²) >= 11 is 0. The minimum Gasteiger partial charge on any atom is -0.377 e. The lowest BCUT2D eigenvalue weighted by atomic mass is 10.00. The molecule has 0 saturated carbocycles. The molecule has 3 aliphatic heterocycles. The average Bonchev–Trinajstić information content (AvgIpc) is 3.30. The SMILES string of the molecule is C[C@@H]1CN[C@H](C)[C@@H]1N1CCc2c(-c3cnc(N)nc3)nc(N3CCOC[C@@H]3C)nc21. The van der Waals surface area contributed by atoms with Crippen molar-refractivity contribution >= 4 is 17.7 Å². The second kappa shape index (κ2) is 7.63. The minimum absolute atomic E-state index is 0.230. The van der Waals surface area contributed by atoms with Crippen LogP contribution in [-0.2, 0) is 11.2 Å². The lowest BCUT2D eigenvalue weighted by Gasteiger charge is -2.35. The Morgan fingerprint density at radius 1 is 1.10 bits per heavy atom. The van der Waals surface area contributed by atoms with E-state index in [1.807, 2.05) is 0 Å². The normalized spacial score (nSPS) is 28.8. The van der Waals surface area contributed by atoms with Gasteiger partial charge in [-0.05, 0) is 26.2 Å². The first-order valence-corrected chi connectivity index (χ1v) is 10.9. The smallest absolute Gasteiger partial charge is 0.228 e. The van der Waals surface area contributed by atoms with Gasteiger partial charge in [-0.2, -0.15) is 4.98 Å². The molecule has 0 aromatic carbocycles. The Morgan fingerprint density at radius 3 is 2.60 bits per heavy atom. The summed E-state index contributed by atoms with van der Waals surface area (Å²) in [4.78, 5) is 23.3. The second-order valence-electron chi connectivity index (χ2n) is 8.73. The molecule has 3 N–H and O–H groups in total. The number of ether oxygens (including phenoxy) is 1. The van der Waals surface area contributed by atoms with E-state index < -0.39 is 0 Å². The van der Waals surface area contributed by atoms with Crippen LogP contribution in [0, 0.1) is 5.92 Å². The van der Waals surface area contributed by atoms with Gasteiger partial charge in [-0.25, -0.2) is 15.0 Å². The van der Waals surface area contributed by atoms with E-state index in [1.54, 1.807) is 12.4 Å². The zero-order valence-electron chi connectivity index (χ0n) is 17.9. The third-order valence-corrected chi connectivity index (χ3v) is 6.63. The lowest BCUT2D eigenvalue weighted by Crippen LogP contribution is -2.46. The Bertz CT molecular complexity index is 910. The van der Waals surface area contributed by atoms with Gasteiger partial charge in [0.05, 0.1) is 24.9 Å². The first-order chi connectivity index (χ1) is 14.5. The predicted octanol–water partition coefficient (Wildman–Crippen LogP) is 1.10.